The van der Waals surface area contributed by atoms with Gasteiger partial charge in [0.05, 0.1) is 11.8 Å². The third kappa shape index (κ3) is 4.15. The molecule has 4 nitrogen and oxygen atoms in total. The van der Waals surface area contributed by atoms with E-state index in [2.05, 4.69) is 42.3 Å². The highest BCUT2D eigenvalue weighted by molar-refractivity contribution is 5.99. The zero-order valence-corrected chi connectivity index (χ0v) is 18.9. The molecule has 0 aliphatic carbocycles. The summed E-state index contributed by atoms with van der Waals surface area (Å²) >= 11 is 0. The number of carbonyl (C=O) groups is 1. The highest BCUT2D eigenvalue weighted by atomic mass is 19.1. The smallest absolute Gasteiger partial charge is 0.271 e. The van der Waals surface area contributed by atoms with Crippen molar-refractivity contribution in [2.75, 3.05) is 11.4 Å². The van der Waals surface area contributed by atoms with Crippen LogP contribution in [0.2, 0.25) is 0 Å². The molecule has 0 spiro atoms. The van der Waals surface area contributed by atoms with Crippen LogP contribution in [-0.4, -0.2) is 24.2 Å². The van der Waals surface area contributed by atoms with Gasteiger partial charge in [0, 0.05) is 28.9 Å². The van der Waals surface area contributed by atoms with E-state index in [0.717, 1.165) is 40.6 Å². The maximum Gasteiger partial charge on any atom is 0.271 e. The van der Waals surface area contributed by atoms with Crippen molar-refractivity contribution in [3.8, 4) is 0 Å². The van der Waals surface area contributed by atoms with Crippen LogP contribution in [0.4, 0.5) is 10.1 Å². The second kappa shape index (κ2) is 8.58. The molecule has 32 heavy (non-hydrogen) atoms. The molecule has 164 valence electrons. The topological polar surface area (TPSA) is 44.7 Å². The summed E-state index contributed by atoms with van der Waals surface area (Å²) in [6.07, 6.45) is 4.55. The fourth-order valence-electron chi connectivity index (χ4n) is 4.40. The number of hydrazone groups is 1. The molecular formula is C27H28FN3O. The number of halogens is 1. The number of fused-ring (bicyclic) bond motifs is 2. The minimum atomic E-state index is -0.362. The Labute approximate surface area is 188 Å². The number of carbonyl (C=O) groups excluding carboxylic acids is 1. The number of rotatable bonds is 5. The van der Waals surface area contributed by atoms with Crippen molar-refractivity contribution in [1.29, 1.82) is 0 Å². The Kier molecular flexibility index (Phi) is 5.83. The molecule has 3 aromatic rings. The van der Waals surface area contributed by atoms with Crippen molar-refractivity contribution in [1.82, 2.24) is 5.43 Å². The number of nitrogens with zero attached hydrogens (tertiary/aromatic N) is 2. The van der Waals surface area contributed by atoms with Gasteiger partial charge in [-0.2, -0.15) is 5.10 Å². The van der Waals surface area contributed by atoms with Gasteiger partial charge in [0.15, 0.2) is 0 Å². The molecule has 0 bridgehead atoms. The molecule has 0 radical (unpaired) electrons. The minimum Gasteiger partial charge on any atom is -0.362 e. The van der Waals surface area contributed by atoms with E-state index in [1.165, 1.54) is 6.21 Å². The predicted octanol–water partition coefficient (Wildman–Crippen LogP) is 6.15. The molecule has 0 saturated heterocycles. The van der Waals surface area contributed by atoms with Crippen LogP contribution in [0.5, 0.6) is 0 Å². The maximum atomic E-state index is 14.9. The monoisotopic (exact) mass is 429 g/mol. The number of hydrogen-bond donors (Lipinski definition) is 1. The molecule has 5 heteroatoms. The molecule has 0 unspecified atom stereocenters. The van der Waals surface area contributed by atoms with Gasteiger partial charge in [0.1, 0.15) is 5.82 Å². The van der Waals surface area contributed by atoms with E-state index in [1.54, 1.807) is 18.2 Å². The van der Waals surface area contributed by atoms with E-state index in [1.807, 2.05) is 43.3 Å². The first-order valence-corrected chi connectivity index (χ1v) is 10.9. The Morgan fingerprint density at radius 1 is 1.12 bits per heavy atom. The van der Waals surface area contributed by atoms with Gasteiger partial charge in [-0.3, -0.25) is 4.79 Å². The normalized spacial score (nSPS) is 15.0. The van der Waals surface area contributed by atoms with E-state index in [4.69, 9.17) is 0 Å². The van der Waals surface area contributed by atoms with Gasteiger partial charge in [0.2, 0.25) is 0 Å². The fraction of sp³-hybridized carbons (Fsp3) is 0.259. The lowest BCUT2D eigenvalue weighted by Crippen LogP contribution is -2.45. The van der Waals surface area contributed by atoms with Crippen molar-refractivity contribution < 1.29 is 9.18 Å². The molecule has 0 saturated carbocycles. The van der Waals surface area contributed by atoms with Crippen LogP contribution < -0.4 is 10.3 Å². The Bertz CT molecular complexity index is 1240. The van der Waals surface area contributed by atoms with E-state index in [0.29, 0.717) is 11.1 Å². The number of benzene rings is 3. The fourth-order valence-corrected chi connectivity index (χ4v) is 4.40. The number of nitrogens with one attached hydrogen (secondary N) is 1. The minimum absolute atomic E-state index is 0.178. The van der Waals surface area contributed by atoms with E-state index in [-0.39, 0.29) is 17.3 Å². The van der Waals surface area contributed by atoms with Crippen LogP contribution in [0.15, 0.2) is 65.8 Å². The lowest BCUT2D eigenvalue weighted by atomic mass is 9.88. The van der Waals surface area contributed by atoms with E-state index >= 15 is 0 Å². The summed E-state index contributed by atoms with van der Waals surface area (Å²) in [5.74, 6) is -0.698. The van der Waals surface area contributed by atoms with Gasteiger partial charge < -0.3 is 4.90 Å². The first-order valence-electron chi connectivity index (χ1n) is 10.9. The number of amides is 1. The summed E-state index contributed by atoms with van der Waals surface area (Å²) in [4.78, 5) is 14.7. The van der Waals surface area contributed by atoms with Gasteiger partial charge in [-0.05, 0) is 67.8 Å². The molecule has 1 N–H and O–H groups in total. The van der Waals surface area contributed by atoms with Crippen LogP contribution in [0.3, 0.4) is 0 Å². The summed E-state index contributed by atoms with van der Waals surface area (Å²) in [6, 6.07) is 16.7. The summed E-state index contributed by atoms with van der Waals surface area (Å²) in [5.41, 5.74) is 6.16. The van der Waals surface area contributed by atoms with Gasteiger partial charge in [0.25, 0.3) is 5.91 Å². The number of allylic oxidation sites excluding steroid dienone is 1. The first-order chi connectivity index (χ1) is 15.3. The Hall–Kier alpha value is -3.47. The van der Waals surface area contributed by atoms with Crippen molar-refractivity contribution in [2.24, 2.45) is 5.10 Å². The summed E-state index contributed by atoms with van der Waals surface area (Å²) in [6.45, 7) is 9.30. The highest BCUT2D eigenvalue weighted by Crippen LogP contribution is 2.40. The quantitative estimate of drug-likeness (QED) is 0.390. The molecule has 0 fully saturated rings. The Morgan fingerprint density at radius 3 is 2.62 bits per heavy atom. The number of anilines is 1. The molecule has 1 aliphatic rings. The van der Waals surface area contributed by atoms with Gasteiger partial charge in [-0.15, -0.1) is 0 Å². The van der Waals surface area contributed by atoms with Crippen molar-refractivity contribution in [3.05, 3.63) is 83.2 Å². The summed E-state index contributed by atoms with van der Waals surface area (Å²) in [5, 5.41) is 6.06. The average molecular weight is 430 g/mol. The molecule has 1 heterocycles. The summed E-state index contributed by atoms with van der Waals surface area (Å²) in [7, 11) is 0. The van der Waals surface area contributed by atoms with E-state index in [9.17, 15) is 9.18 Å². The molecular weight excluding hydrogens is 401 g/mol. The maximum absolute atomic E-state index is 14.9. The zero-order chi connectivity index (χ0) is 22.9. The first kappa shape index (κ1) is 21.8. The molecule has 0 atom stereocenters. The highest BCUT2D eigenvalue weighted by Gasteiger charge is 2.31. The van der Waals surface area contributed by atoms with Gasteiger partial charge in [-0.1, -0.05) is 43.3 Å². The third-order valence-electron chi connectivity index (χ3n) is 5.92. The predicted molar refractivity (Wildman–Crippen MR) is 131 cm³/mol. The largest absolute Gasteiger partial charge is 0.362 e. The summed E-state index contributed by atoms with van der Waals surface area (Å²) < 4.78 is 14.9. The average Bonchev–Trinajstić information content (AvgIpc) is 2.76. The molecule has 4 rings (SSSR count). The second-order valence-corrected chi connectivity index (χ2v) is 8.78. The molecule has 1 amide bonds. The Balaban J connectivity index is 1.57. The molecule has 3 aromatic carbocycles. The van der Waals surface area contributed by atoms with E-state index < -0.39 is 0 Å². The molecule has 0 aromatic heterocycles. The lowest BCUT2D eigenvalue weighted by Gasteiger charge is -2.43. The van der Waals surface area contributed by atoms with Crippen LogP contribution in [0.25, 0.3) is 16.3 Å². The van der Waals surface area contributed by atoms with Crippen LogP contribution in [-0.2, 0) is 0 Å². The Morgan fingerprint density at radius 2 is 1.88 bits per heavy atom. The van der Waals surface area contributed by atoms with Crippen LogP contribution in [0.1, 0.15) is 55.6 Å². The third-order valence-corrected chi connectivity index (χ3v) is 5.92. The van der Waals surface area contributed by atoms with Crippen molar-refractivity contribution >= 4 is 34.2 Å². The number of hydrogen-bond acceptors (Lipinski definition) is 3. The van der Waals surface area contributed by atoms with Crippen molar-refractivity contribution in [2.45, 2.75) is 39.7 Å². The second-order valence-electron chi connectivity index (χ2n) is 8.78. The van der Waals surface area contributed by atoms with Crippen molar-refractivity contribution in [3.63, 3.8) is 0 Å². The lowest BCUT2D eigenvalue weighted by molar-refractivity contribution is 0.0955. The van der Waals surface area contributed by atoms with Gasteiger partial charge in [-0.25, -0.2) is 9.82 Å². The standard InChI is InChI=1S/C27H28FN3O/c1-5-12-31-25-15-24(28)22(14-23(25)18(2)16-27(31,3)4)17-29-30-26(32)21-11-10-19-8-6-7-9-20(19)13-21/h6-11,13-17H,5,12H2,1-4H3,(H,30,32)/b29-17-. The van der Waals surface area contributed by atoms with Crippen LogP contribution >= 0.6 is 0 Å². The van der Waals surface area contributed by atoms with Crippen LogP contribution in [0, 0.1) is 5.82 Å². The SMILES string of the molecule is CCCN1c2cc(F)c(/C=N\NC(=O)c3ccc4ccccc4c3)cc2C(C)=CC1(C)C. The van der Waals surface area contributed by atoms with Gasteiger partial charge >= 0.3 is 0 Å². The zero-order valence-electron chi connectivity index (χ0n) is 18.9. The molecule has 1 aliphatic heterocycles.